The van der Waals surface area contributed by atoms with Crippen LogP contribution in [-0.2, 0) is 9.84 Å². The molecule has 2 aromatic carbocycles. The predicted molar refractivity (Wildman–Crippen MR) is 106 cm³/mol. The molecule has 144 valence electrons. The van der Waals surface area contributed by atoms with E-state index in [0.717, 1.165) is 17.9 Å². The molecule has 3 rings (SSSR count). The van der Waals surface area contributed by atoms with E-state index in [1.165, 1.54) is 0 Å². The Hall–Kier alpha value is -2.74. The summed E-state index contributed by atoms with van der Waals surface area (Å²) in [6, 6.07) is 14.0. The summed E-state index contributed by atoms with van der Waals surface area (Å²) < 4.78 is 35.9. The topological polar surface area (TPSA) is 89.0 Å². The number of guanidine groups is 1. The van der Waals surface area contributed by atoms with Crippen LogP contribution in [0, 0.1) is 0 Å². The first-order valence-electron chi connectivity index (χ1n) is 8.73. The summed E-state index contributed by atoms with van der Waals surface area (Å²) in [5.74, 6) is 1.85. The average molecular weight is 389 g/mol. The van der Waals surface area contributed by atoms with Gasteiger partial charge in [0.15, 0.2) is 27.3 Å². The highest BCUT2D eigenvalue weighted by Crippen LogP contribution is 2.32. The van der Waals surface area contributed by atoms with Crippen molar-refractivity contribution in [1.82, 2.24) is 5.32 Å². The second-order valence-electron chi connectivity index (χ2n) is 5.97. The summed E-state index contributed by atoms with van der Waals surface area (Å²) in [7, 11) is -1.71. The lowest BCUT2D eigenvalue weighted by Crippen LogP contribution is -2.34. The predicted octanol–water partition coefficient (Wildman–Crippen LogP) is 2.31. The lowest BCUT2D eigenvalue weighted by Gasteiger charge is -2.14. The molecule has 1 heterocycles. The first-order chi connectivity index (χ1) is 13.1. The minimum atomic E-state index is -3.33. The standard InChI is InChI=1S/C19H23N3O4S/c1-20-19(21-10-13-27(23,24)16-6-3-2-4-7-16)22-15-8-9-17-18(14-15)26-12-5-11-25-17/h2-4,6-9,14H,5,10-13H2,1H3,(H2,20,21,22). The Labute approximate surface area is 159 Å². The number of rotatable bonds is 5. The number of benzene rings is 2. The third-order valence-corrected chi connectivity index (χ3v) is 5.73. The van der Waals surface area contributed by atoms with Crippen LogP contribution >= 0.6 is 0 Å². The van der Waals surface area contributed by atoms with Crippen LogP contribution in [0.5, 0.6) is 11.5 Å². The maximum atomic E-state index is 12.3. The SMILES string of the molecule is CN=C(NCCS(=O)(=O)c1ccccc1)Nc1ccc2c(c1)OCCCO2. The van der Waals surface area contributed by atoms with Gasteiger partial charge in [-0.2, -0.15) is 0 Å². The molecule has 0 saturated heterocycles. The highest BCUT2D eigenvalue weighted by molar-refractivity contribution is 7.91. The zero-order valence-electron chi connectivity index (χ0n) is 15.1. The van der Waals surface area contributed by atoms with E-state index in [4.69, 9.17) is 9.47 Å². The van der Waals surface area contributed by atoms with E-state index in [2.05, 4.69) is 15.6 Å². The molecule has 7 nitrogen and oxygen atoms in total. The van der Waals surface area contributed by atoms with Gasteiger partial charge >= 0.3 is 0 Å². The Morgan fingerprint density at radius 3 is 2.56 bits per heavy atom. The number of fused-ring (bicyclic) bond motifs is 1. The maximum absolute atomic E-state index is 12.3. The molecule has 0 atom stereocenters. The number of nitrogens with one attached hydrogen (secondary N) is 2. The third-order valence-electron chi connectivity index (χ3n) is 4.00. The minimum Gasteiger partial charge on any atom is -0.490 e. The molecule has 1 aliphatic heterocycles. The van der Waals surface area contributed by atoms with E-state index in [9.17, 15) is 8.42 Å². The number of hydrogen-bond donors (Lipinski definition) is 2. The van der Waals surface area contributed by atoms with E-state index in [1.54, 1.807) is 37.4 Å². The second-order valence-corrected chi connectivity index (χ2v) is 8.08. The average Bonchev–Trinajstić information content (AvgIpc) is 2.92. The van der Waals surface area contributed by atoms with Crippen molar-refractivity contribution in [3.05, 3.63) is 48.5 Å². The number of sulfone groups is 1. The van der Waals surface area contributed by atoms with Crippen molar-refractivity contribution < 1.29 is 17.9 Å². The largest absolute Gasteiger partial charge is 0.490 e. The number of ether oxygens (including phenoxy) is 2. The second kappa shape index (κ2) is 8.77. The van der Waals surface area contributed by atoms with Crippen molar-refractivity contribution in [1.29, 1.82) is 0 Å². The van der Waals surface area contributed by atoms with Crippen molar-refractivity contribution in [2.75, 3.05) is 37.9 Å². The summed E-state index contributed by atoms with van der Waals surface area (Å²) in [6.07, 6.45) is 0.844. The molecule has 0 unspecified atom stereocenters. The molecule has 2 aromatic rings. The summed E-state index contributed by atoms with van der Waals surface area (Å²) in [5, 5.41) is 6.16. The highest BCUT2D eigenvalue weighted by atomic mass is 32.2. The molecule has 0 aliphatic carbocycles. The monoisotopic (exact) mass is 389 g/mol. The van der Waals surface area contributed by atoms with Gasteiger partial charge in [0.25, 0.3) is 0 Å². The Morgan fingerprint density at radius 2 is 1.81 bits per heavy atom. The molecule has 0 bridgehead atoms. The number of hydrogen-bond acceptors (Lipinski definition) is 5. The van der Waals surface area contributed by atoms with Gasteiger partial charge in [-0.15, -0.1) is 0 Å². The maximum Gasteiger partial charge on any atom is 0.195 e. The van der Waals surface area contributed by atoms with Crippen molar-refractivity contribution in [2.45, 2.75) is 11.3 Å². The van der Waals surface area contributed by atoms with Gasteiger partial charge in [-0.05, 0) is 24.3 Å². The molecular formula is C19H23N3O4S. The van der Waals surface area contributed by atoms with Crippen molar-refractivity contribution in [3.63, 3.8) is 0 Å². The van der Waals surface area contributed by atoms with Crippen LogP contribution in [0.25, 0.3) is 0 Å². The Balaban J connectivity index is 1.58. The summed E-state index contributed by atoms with van der Waals surface area (Å²) in [5.41, 5.74) is 0.776. The molecule has 27 heavy (non-hydrogen) atoms. The quantitative estimate of drug-likeness (QED) is 0.603. The molecule has 0 aromatic heterocycles. The van der Waals surface area contributed by atoms with Crippen LogP contribution < -0.4 is 20.1 Å². The molecule has 0 radical (unpaired) electrons. The van der Waals surface area contributed by atoms with Crippen LogP contribution in [-0.4, -0.2) is 46.9 Å². The molecule has 0 amide bonds. The van der Waals surface area contributed by atoms with Gasteiger partial charge in [-0.3, -0.25) is 4.99 Å². The van der Waals surface area contributed by atoms with Crippen molar-refractivity contribution >= 4 is 21.5 Å². The summed E-state index contributed by atoms with van der Waals surface area (Å²) in [6.45, 7) is 1.49. The number of anilines is 1. The summed E-state index contributed by atoms with van der Waals surface area (Å²) in [4.78, 5) is 4.45. The van der Waals surface area contributed by atoms with Gasteiger partial charge in [-0.25, -0.2) is 8.42 Å². The van der Waals surface area contributed by atoms with E-state index in [1.807, 2.05) is 18.2 Å². The third kappa shape index (κ3) is 5.13. The molecule has 2 N–H and O–H groups in total. The van der Waals surface area contributed by atoms with Crippen LogP contribution in [0.1, 0.15) is 6.42 Å². The van der Waals surface area contributed by atoms with Gasteiger partial charge in [0, 0.05) is 31.8 Å². The lowest BCUT2D eigenvalue weighted by atomic mass is 10.3. The van der Waals surface area contributed by atoms with Gasteiger partial charge in [0.1, 0.15) is 0 Å². The number of nitrogens with zero attached hydrogens (tertiary/aromatic N) is 1. The van der Waals surface area contributed by atoms with E-state index >= 15 is 0 Å². The molecule has 0 fully saturated rings. The molecule has 0 spiro atoms. The Bertz CT molecular complexity index is 898. The van der Waals surface area contributed by atoms with Crippen molar-refractivity contribution in [2.24, 2.45) is 4.99 Å². The number of aliphatic imine (C=N–C) groups is 1. The zero-order chi connectivity index (χ0) is 19.1. The van der Waals surface area contributed by atoms with Crippen LogP contribution in [0.2, 0.25) is 0 Å². The fourth-order valence-corrected chi connectivity index (χ4v) is 3.78. The minimum absolute atomic E-state index is 0.0289. The van der Waals surface area contributed by atoms with Gasteiger partial charge in [0.05, 0.1) is 23.9 Å². The molecular weight excluding hydrogens is 366 g/mol. The van der Waals surface area contributed by atoms with Crippen LogP contribution in [0.15, 0.2) is 58.4 Å². The zero-order valence-corrected chi connectivity index (χ0v) is 16.0. The van der Waals surface area contributed by atoms with E-state index < -0.39 is 9.84 Å². The van der Waals surface area contributed by atoms with E-state index in [-0.39, 0.29) is 12.3 Å². The van der Waals surface area contributed by atoms with Gasteiger partial charge in [0.2, 0.25) is 0 Å². The molecule has 1 aliphatic rings. The first-order valence-corrected chi connectivity index (χ1v) is 10.4. The van der Waals surface area contributed by atoms with Gasteiger partial charge in [-0.1, -0.05) is 18.2 Å². The fraction of sp³-hybridized carbons (Fsp3) is 0.316. The lowest BCUT2D eigenvalue weighted by molar-refractivity contribution is 0.297. The molecule has 8 heteroatoms. The summed E-state index contributed by atoms with van der Waals surface area (Å²) >= 11 is 0. The Morgan fingerprint density at radius 1 is 1.07 bits per heavy atom. The van der Waals surface area contributed by atoms with Gasteiger partial charge < -0.3 is 20.1 Å². The smallest absolute Gasteiger partial charge is 0.195 e. The Kier molecular flexibility index (Phi) is 6.18. The first kappa shape index (κ1) is 19.0. The van der Waals surface area contributed by atoms with Crippen molar-refractivity contribution in [3.8, 4) is 11.5 Å². The van der Waals surface area contributed by atoms with E-state index in [0.29, 0.717) is 29.8 Å². The van der Waals surface area contributed by atoms with Crippen LogP contribution in [0.4, 0.5) is 5.69 Å². The molecule has 0 saturated carbocycles. The van der Waals surface area contributed by atoms with Crippen LogP contribution in [0.3, 0.4) is 0 Å². The fourth-order valence-electron chi connectivity index (χ4n) is 2.61. The highest BCUT2D eigenvalue weighted by Gasteiger charge is 2.14. The normalized spacial score (nSPS) is 14.3.